The molecule has 0 unspecified atom stereocenters. The van der Waals surface area contributed by atoms with Crippen molar-refractivity contribution in [2.45, 2.75) is 20.3 Å². The van der Waals surface area contributed by atoms with E-state index in [0.29, 0.717) is 11.7 Å². The Hall–Kier alpha value is -2.37. The SMILES string of the molecule is CCc1nnc(NC(=O)COc2cccc(C)c2)n1C. The molecular weight excluding hydrogens is 256 g/mol. The molecule has 0 fully saturated rings. The Morgan fingerprint density at radius 2 is 2.20 bits per heavy atom. The molecule has 106 valence electrons. The van der Waals surface area contributed by atoms with Crippen molar-refractivity contribution in [1.29, 1.82) is 0 Å². The predicted molar refractivity (Wildman–Crippen MR) is 75.7 cm³/mol. The molecule has 0 spiro atoms. The molecular formula is C14H18N4O2. The van der Waals surface area contributed by atoms with E-state index in [9.17, 15) is 4.79 Å². The average molecular weight is 274 g/mol. The second kappa shape index (κ2) is 6.18. The van der Waals surface area contributed by atoms with Crippen molar-refractivity contribution in [3.63, 3.8) is 0 Å². The minimum Gasteiger partial charge on any atom is -0.484 e. The summed E-state index contributed by atoms with van der Waals surface area (Å²) in [5.74, 6) is 1.66. The van der Waals surface area contributed by atoms with Crippen LogP contribution < -0.4 is 10.1 Å². The number of anilines is 1. The van der Waals surface area contributed by atoms with Gasteiger partial charge in [-0.2, -0.15) is 0 Å². The molecule has 1 amide bonds. The standard InChI is InChI=1S/C14H18N4O2/c1-4-12-16-17-14(18(12)3)15-13(19)9-20-11-7-5-6-10(2)8-11/h5-8H,4,9H2,1-3H3,(H,15,17,19). The van der Waals surface area contributed by atoms with Gasteiger partial charge in [0.1, 0.15) is 11.6 Å². The third kappa shape index (κ3) is 3.34. The summed E-state index contributed by atoms with van der Waals surface area (Å²) in [5, 5.41) is 10.6. The second-order valence-corrected chi connectivity index (χ2v) is 4.51. The van der Waals surface area contributed by atoms with Gasteiger partial charge >= 0.3 is 0 Å². The van der Waals surface area contributed by atoms with Gasteiger partial charge in [-0.15, -0.1) is 10.2 Å². The van der Waals surface area contributed by atoms with E-state index in [0.717, 1.165) is 17.8 Å². The summed E-state index contributed by atoms with van der Waals surface area (Å²) in [7, 11) is 1.82. The maximum atomic E-state index is 11.8. The van der Waals surface area contributed by atoms with Crippen LogP contribution in [0.25, 0.3) is 0 Å². The van der Waals surface area contributed by atoms with Gasteiger partial charge in [-0.25, -0.2) is 0 Å². The highest BCUT2D eigenvalue weighted by molar-refractivity contribution is 5.90. The first-order chi connectivity index (χ1) is 9.60. The lowest BCUT2D eigenvalue weighted by atomic mass is 10.2. The van der Waals surface area contributed by atoms with E-state index in [-0.39, 0.29) is 12.5 Å². The lowest BCUT2D eigenvalue weighted by Crippen LogP contribution is -2.22. The second-order valence-electron chi connectivity index (χ2n) is 4.51. The highest BCUT2D eigenvalue weighted by atomic mass is 16.5. The first kappa shape index (κ1) is 14.0. The van der Waals surface area contributed by atoms with Crippen LogP contribution in [0.15, 0.2) is 24.3 Å². The molecule has 1 heterocycles. The smallest absolute Gasteiger partial charge is 0.264 e. The Labute approximate surface area is 117 Å². The summed E-state index contributed by atoms with van der Waals surface area (Å²) in [6.45, 7) is 3.90. The zero-order chi connectivity index (χ0) is 14.5. The Balaban J connectivity index is 1.91. The van der Waals surface area contributed by atoms with Gasteiger partial charge in [0.25, 0.3) is 5.91 Å². The Morgan fingerprint density at radius 1 is 1.40 bits per heavy atom. The molecule has 0 aliphatic carbocycles. The van der Waals surface area contributed by atoms with Crippen molar-refractivity contribution in [1.82, 2.24) is 14.8 Å². The van der Waals surface area contributed by atoms with Crippen molar-refractivity contribution in [2.75, 3.05) is 11.9 Å². The minimum atomic E-state index is -0.260. The van der Waals surface area contributed by atoms with Crippen LogP contribution in [0.4, 0.5) is 5.95 Å². The van der Waals surface area contributed by atoms with Crippen LogP contribution in [0.5, 0.6) is 5.75 Å². The number of amides is 1. The van der Waals surface area contributed by atoms with Gasteiger partial charge < -0.3 is 9.30 Å². The molecule has 20 heavy (non-hydrogen) atoms. The molecule has 2 aromatic rings. The zero-order valence-electron chi connectivity index (χ0n) is 11.9. The van der Waals surface area contributed by atoms with Gasteiger partial charge in [0, 0.05) is 13.5 Å². The number of nitrogens with one attached hydrogen (secondary N) is 1. The quantitative estimate of drug-likeness (QED) is 0.901. The summed E-state index contributed by atoms with van der Waals surface area (Å²) in [6, 6.07) is 7.56. The molecule has 2 rings (SSSR count). The third-order valence-corrected chi connectivity index (χ3v) is 2.89. The number of rotatable bonds is 5. The molecule has 1 N–H and O–H groups in total. The molecule has 6 nitrogen and oxygen atoms in total. The molecule has 1 aromatic carbocycles. The first-order valence-corrected chi connectivity index (χ1v) is 6.47. The fourth-order valence-electron chi connectivity index (χ4n) is 1.79. The number of nitrogens with zero attached hydrogens (tertiary/aromatic N) is 3. The van der Waals surface area contributed by atoms with E-state index in [1.165, 1.54) is 0 Å². The predicted octanol–water partition coefficient (Wildman–Crippen LogP) is 1.70. The van der Waals surface area contributed by atoms with Crippen molar-refractivity contribution in [3.05, 3.63) is 35.7 Å². The van der Waals surface area contributed by atoms with E-state index in [1.54, 1.807) is 4.57 Å². The maximum Gasteiger partial charge on any atom is 0.264 e. The number of benzene rings is 1. The largest absolute Gasteiger partial charge is 0.484 e. The van der Waals surface area contributed by atoms with E-state index >= 15 is 0 Å². The number of hydrogen-bond acceptors (Lipinski definition) is 4. The van der Waals surface area contributed by atoms with Crippen LogP contribution in [0.1, 0.15) is 18.3 Å². The molecule has 0 atom stereocenters. The lowest BCUT2D eigenvalue weighted by Gasteiger charge is -2.07. The topological polar surface area (TPSA) is 69.0 Å². The van der Waals surface area contributed by atoms with Crippen LogP contribution in [-0.4, -0.2) is 27.3 Å². The van der Waals surface area contributed by atoms with Crippen molar-refractivity contribution >= 4 is 11.9 Å². The summed E-state index contributed by atoms with van der Waals surface area (Å²) in [6.07, 6.45) is 0.763. The fraction of sp³-hybridized carbons (Fsp3) is 0.357. The highest BCUT2D eigenvalue weighted by Gasteiger charge is 2.10. The molecule has 0 aliphatic heterocycles. The fourth-order valence-corrected chi connectivity index (χ4v) is 1.79. The van der Waals surface area contributed by atoms with Gasteiger partial charge in [0.15, 0.2) is 6.61 Å². The van der Waals surface area contributed by atoms with Gasteiger partial charge in [0.2, 0.25) is 5.95 Å². The summed E-state index contributed by atoms with van der Waals surface area (Å²) >= 11 is 0. The number of ether oxygens (including phenoxy) is 1. The number of aromatic nitrogens is 3. The Bertz CT molecular complexity index is 607. The van der Waals surface area contributed by atoms with E-state index < -0.39 is 0 Å². The van der Waals surface area contributed by atoms with Gasteiger partial charge in [0.05, 0.1) is 0 Å². The van der Waals surface area contributed by atoms with Gasteiger partial charge in [-0.05, 0) is 24.6 Å². The van der Waals surface area contributed by atoms with Crippen LogP contribution in [0.2, 0.25) is 0 Å². The normalized spacial score (nSPS) is 10.3. The Morgan fingerprint density at radius 3 is 2.85 bits per heavy atom. The zero-order valence-corrected chi connectivity index (χ0v) is 11.9. The van der Waals surface area contributed by atoms with Crippen LogP contribution in [0.3, 0.4) is 0 Å². The average Bonchev–Trinajstić information content (AvgIpc) is 2.77. The van der Waals surface area contributed by atoms with Crippen molar-refractivity contribution in [2.24, 2.45) is 7.05 Å². The number of carbonyl (C=O) groups excluding carboxylic acids is 1. The molecule has 0 saturated carbocycles. The third-order valence-electron chi connectivity index (χ3n) is 2.89. The van der Waals surface area contributed by atoms with Gasteiger partial charge in [-0.3, -0.25) is 10.1 Å². The van der Waals surface area contributed by atoms with Crippen molar-refractivity contribution < 1.29 is 9.53 Å². The first-order valence-electron chi connectivity index (χ1n) is 6.47. The summed E-state index contributed by atoms with van der Waals surface area (Å²) < 4.78 is 7.18. The van der Waals surface area contributed by atoms with Crippen LogP contribution >= 0.6 is 0 Å². The van der Waals surface area contributed by atoms with Crippen LogP contribution in [-0.2, 0) is 18.3 Å². The van der Waals surface area contributed by atoms with E-state index in [1.807, 2.05) is 45.2 Å². The highest BCUT2D eigenvalue weighted by Crippen LogP contribution is 2.12. The molecule has 0 saturated heterocycles. The van der Waals surface area contributed by atoms with Gasteiger partial charge in [-0.1, -0.05) is 19.1 Å². The number of aryl methyl sites for hydroxylation is 2. The summed E-state index contributed by atoms with van der Waals surface area (Å²) in [4.78, 5) is 11.8. The molecule has 0 aliphatic rings. The van der Waals surface area contributed by atoms with Crippen LogP contribution in [0, 0.1) is 6.92 Å². The number of hydrogen-bond donors (Lipinski definition) is 1. The van der Waals surface area contributed by atoms with Crippen molar-refractivity contribution in [3.8, 4) is 5.75 Å². The Kier molecular flexibility index (Phi) is 4.34. The number of carbonyl (C=O) groups is 1. The minimum absolute atomic E-state index is 0.0578. The monoisotopic (exact) mass is 274 g/mol. The molecule has 0 bridgehead atoms. The lowest BCUT2D eigenvalue weighted by molar-refractivity contribution is -0.118. The molecule has 6 heteroatoms. The summed E-state index contributed by atoms with van der Waals surface area (Å²) in [5.41, 5.74) is 1.09. The van der Waals surface area contributed by atoms with E-state index in [2.05, 4.69) is 15.5 Å². The molecule has 0 radical (unpaired) electrons. The molecule has 1 aromatic heterocycles. The maximum absolute atomic E-state index is 11.8. The van der Waals surface area contributed by atoms with E-state index in [4.69, 9.17) is 4.74 Å².